The van der Waals surface area contributed by atoms with Crippen LogP contribution in [0.5, 0.6) is 0 Å². The van der Waals surface area contributed by atoms with E-state index in [9.17, 15) is 13.2 Å². The van der Waals surface area contributed by atoms with Crippen molar-refractivity contribution in [1.82, 2.24) is 19.1 Å². The highest BCUT2D eigenvalue weighted by Gasteiger charge is 2.39. The van der Waals surface area contributed by atoms with Crippen molar-refractivity contribution in [2.24, 2.45) is 0 Å². The van der Waals surface area contributed by atoms with E-state index >= 15 is 0 Å². The molecular formula is C34H42N4O3S. The first-order valence-electron chi connectivity index (χ1n) is 15.7. The Hall–Kier alpha value is -2.94. The Kier molecular flexibility index (Phi) is 7.49. The van der Waals surface area contributed by atoms with Gasteiger partial charge in [0.15, 0.2) is 0 Å². The third-order valence-corrected chi connectivity index (χ3v) is 12.1. The Labute approximate surface area is 250 Å². The minimum atomic E-state index is -3.75. The highest BCUT2D eigenvalue weighted by atomic mass is 32.2. The number of hydrogen-bond acceptors (Lipinski definition) is 4. The van der Waals surface area contributed by atoms with Crippen LogP contribution < -0.4 is 5.32 Å². The predicted octanol–water partition coefficient (Wildman–Crippen LogP) is 5.12. The van der Waals surface area contributed by atoms with Crippen LogP contribution in [0.4, 0.5) is 0 Å². The van der Waals surface area contributed by atoms with Crippen molar-refractivity contribution in [3.05, 3.63) is 88.7 Å². The van der Waals surface area contributed by atoms with E-state index in [1.165, 1.54) is 53.1 Å². The van der Waals surface area contributed by atoms with Crippen LogP contribution >= 0.6 is 0 Å². The predicted molar refractivity (Wildman–Crippen MR) is 163 cm³/mol. The molecule has 0 spiro atoms. The van der Waals surface area contributed by atoms with Gasteiger partial charge in [-0.2, -0.15) is 4.31 Å². The van der Waals surface area contributed by atoms with Crippen LogP contribution in [0.3, 0.4) is 0 Å². The van der Waals surface area contributed by atoms with E-state index in [1.54, 1.807) is 12.1 Å². The number of aryl methyl sites for hydroxylation is 2. The monoisotopic (exact) mass is 586 g/mol. The number of aromatic nitrogens is 1. The van der Waals surface area contributed by atoms with Gasteiger partial charge in [0, 0.05) is 56.1 Å². The van der Waals surface area contributed by atoms with Gasteiger partial charge in [-0.05, 0) is 92.8 Å². The summed E-state index contributed by atoms with van der Waals surface area (Å²) < 4.78 is 31.0. The average molecular weight is 587 g/mol. The molecule has 2 bridgehead atoms. The second-order valence-corrected chi connectivity index (χ2v) is 14.8. The summed E-state index contributed by atoms with van der Waals surface area (Å²) in [6.45, 7) is 3.92. The number of nitrogens with zero attached hydrogens (tertiary/aromatic N) is 3. The zero-order valence-corrected chi connectivity index (χ0v) is 25.4. The lowest BCUT2D eigenvalue weighted by Gasteiger charge is -2.36. The Morgan fingerprint density at radius 1 is 0.929 bits per heavy atom. The van der Waals surface area contributed by atoms with Gasteiger partial charge >= 0.3 is 0 Å². The van der Waals surface area contributed by atoms with Gasteiger partial charge in [-0.25, -0.2) is 8.42 Å². The van der Waals surface area contributed by atoms with Crippen molar-refractivity contribution in [3.63, 3.8) is 0 Å². The fourth-order valence-electron chi connectivity index (χ4n) is 7.97. The third-order valence-electron chi connectivity index (χ3n) is 10.2. The number of carbonyl (C=O) groups excluding carboxylic acids is 1. The molecule has 3 aliphatic heterocycles. The standard InChI is InChI=1S/C34H42N4O3S/c1-24-7-15-31(16-8-24)42(40,41)38-19-18-36-17-3-6-32(36)33(38)22-34(39)35-28-12-11-26-20-25(9-10-27(26)21-28)23-37-29-4-2-5-30(37)14-13-29/h3,6-10,15-17,20,28-30,33H,2,4-5,11-14,18-19,21-23H2,1H3,(H,35,39). The summed E-state index contributed by atoms with van der Waals surface area (Å²) in [4.78, 5) is 16.5. The van der Waals surface area contributed by atoms with Crippen LogP contribution in [0.1, 0.15) is 78.9 Å². The maximum absolute atomic E-state index is 13.7. The van der Waals surface area contributed by atoms with Crippen LogP contribution in [0.2, 0.25) is 0 Å². The van der Waals surface area contributed by atoms with Crippen molar-refractivity contribution < 1.29 is 13.2 Å². The summed E-state index contributed by atoms with van der Waals surface area (Å²) in [6.07, 6.45) is 11.6. The number of sulfonamides is 1. The van der Waals surface area contributed by atoms with Crippen molar-refractivity contribution in [3.8, 4) is 0 Å². The molecule has 0 radical (unpaired) electrons. The summed E-state index contributed by atoms with van der Waals surface area (Å²) >= 11 is 0. The molecule has 4 heterocycles. The summed E-state index contributed by atoms with van der Waals surface area (Å²) in [5, 5.41) is 3.27. The largest absolute Gasteiger partial charge is 0.353 e. The maximum Gasteiger partial charge on any atom is 0.243 e. The van der Waals surface area contributed by atoms with Gasteiger partial charge in [-0.3, -0.25) is 9.69 Å². The molecule has 4 atom stereocenters. The van der Waals surface area contributed by atoms with Gasteiger partial charge in [0.2, 0.25) is 15.9 Å². The number of amides is 1. The van der Waals surface area contributed by atoms with E-state index in [0.717, 1.165) is 49.1 Å². The molecule has 42 heavy (non-hydrogen) atoms. The summed E-state index contributed by atoms with van der Waals surface area (Å²) in [5.41, 5.74) is 6.05. The molecule has 7 nitrogen and oxygen atoms in total. The van der Waals surface area contributed by atoms with E-state index in [2.05, 4.69) is 33.0 Å². The smallest absolute Gasteiger partial charge is 0.243 e. The Morgan fingerprint density at radius 2 is 1.71 bits per heavy atom. The van der Waals surface area contributed by atoms with Gasteiger partial charge in [-0.15, -0.1) is 0 Å². The van der Waals surface area contributed by atoms with Crippen molar-refractivity contribution >= 4 is 15.9 Å². The molecule has 222 valence electrons. The fraction of sp³-hybridized carbons (Fsp3) is 0.500. The topological polar surface area (TPSA) is 74.6 Å². The summed E-state index contributed by atoms with van der Waals surface area (Å²) in [7, 11) is -3.75. The summed E-state index contributed by atoms with van der Waals surface area (Å²) in [5.74, 6) is -0.0931. The molecule has 1 aliphatic carbocycles. The maximum atomic E-state index is 13.7. The van der Waals surface area contributed by atoms with Gasteiger partial charge in [0.05, 0.1) is 10.9 Å². The highest BCUT2D eigenvalue weighted by Crippen LogP contribution is 2.37. The van der Waals surface area contributed by atoms with Crippen LogP contribution in [-0.4, -0.2) is 52.8 Å². The van der Waals surface area contributed by atoms with Gasteiger partial charge in [0.25, 0.3) is 0 Å². The van der Waals surface area contributed by atoms with Crippen molar-refractivity contribution in [2.45, 2.75) is 107 Å². The lowest BCUT2D eigenvalue weighted by molar-refractivity contribution is -0.123. The minimum Gasteiger partial charge on any atom is -0.353 e. The van der Waals surface area contributed by atoms with Crippen LogP contribution in [0, 0.1) is 6.92 Å². The molecule has 3 aromatic rings. The van der Waals surface area contributed by atoms with Gasteiger partial charge in [0.1, 0.15) is 0 Å². The number of nitrogens with one attached hydrogen (secondary N) is 1. The zero-order valence-electron chi connectivity index (χ0n) is 24.5. The number of rotatable bonds is 7. The Bertz CT molecular complexity index is 1550. The van der Waals surface area contributed by atoms with Crippen molar-refractivity contribution in [2.75, 3.05) is 6.54 Å². The first-order chi connectivity index (χ1) is 20.3. The fourth-order valence-corrected chi connectivity index (χ4v) is 9.56. The molecule has 2 saturated heterocycles. The van der Waals surface area contributed by atoms with E-state index in [4.69, 9.17) is 0 Å². The SMILES string of the molecule is Cc1ccc(S(=O)(=O)N2CCn3cccc3C2CC(=O)NC2CCc3cc(CN4C5CCCC4CC5)ccc3C2)cc1. The second kappa shape index (κ2) is 11.3. The van der Waals surface area contributed by atoms with Crippen LogP contribution in [-0.2, 0) is 40.7 Å². The normalized spacial score (nSPS) is 26.0. The van der Waals surface area contributed by atoms with E-state index in [-0.39, 0.29) is 23.3 Å². The molecule has 1 N–H and O–H groups in total. The van der Waals surface area contributed by atoms with Crippen LogP contribution in [0.15, 0.2) is 65.7 Å². The number of piperidine rings is 1. The first kappa shape index (κ1) is 27.9. The summed E-state index contributed by atoms with van der Waals surface area (Å²) in [6, 6.07) is 18.9. The molecule has 0 saturated carbocycles. The molecule has 1 aromatic heterocycles. The lowest BCUT2D eigenvalue weighted by atomic mass is 9.87. The van der Waals surface area contributed by atoms with E-state index in [1.807, 2.05) is 37.4 Å². The molecule has 4 unspecified atom stereocenters. The number of benzene rings is 2. The van der Waals surface area contributed by atoms with E-state index < -0.39 is 16.1 Å². The highest BCUT2D eigenvalue weighted by molar-refractivity contribution is 7.89. The van der Waals surface area contributed by atoms with Crippen molar-refractivity contribution in [1.29, 1.82) is 0 Å². The van der Waals surface area contributed by atoms with Gasteiger partial charge < -0.3 is 9.88 Å². The molecular weight excluding hydrogens is 544 g/mol. The number of fused-ring (bicyclic) bond motifs is 4. The molecule has 7 rings (SSSR count). The molecule has 1 amide bonds. The zero-order chi connectivity index (χ0) is 28.8. The molecule has 2 fully saturated rings. The minimum absolute atomic E-state index is 0.0614. The second-order valence-electron chi connectivity index (χ2n) is 12.9. The van der Waals surface area contributed by atoms with Gasteiger partial charge in [-0.1, -0.05) is 42.3 Å². The molecule has 4 aliphatic rings. The molecule has 2 aromatic carbocycles. The number of carbonyl (C=O) groups is 1. The first-order valence-corrected chi connectivity index (χ1v) is 17.2. The average Bonchev–Trinajstić information content (AvgIpc) is 3.53. The van der Waals surface area contributed by atoms with Crippen LogP contribution in [0.25, 0.3) is 0 Å². The third kappa shape index (κ3) is 5.33. The Balaban J connectivity index is 1.02. The lowest BCUT2D eigenvalue weighted by Crippen LogP contribution is -2.45. The molecule has 8 heteroatoms. The van der Waals surface area contributed by atoms with E-state index in [0.29, 0.717) is 13.1 Å². The number of hydrogen-bond donors (Lipinski definition) is 1. The Morgan fingerprint density at radius 3 is 2.50 bits per heavy atom. The quantitative estimate of drug-likeness (QED) is 0.417.